The lowest BCUT2D eigenvalue weighted by atomic mass is 10.2. The topological polar surface area (TPSA) is 67.0 Å². The fraction of sp³-hybridized carbons (Fsp3) is 0.0714. The van der Waals surface area contributed by atoms with E-state index in [1.807, 2.05) is 30.3 Å². The molecular weight excluding hydrogens is 274 g/mol. The number of fused-ring (bicyclic) bond motifs is 1. The van der Waals surface area contributed by atoms with Crippen LogP contribution in [0.5, 0.6) is 5.75 Å². The van der Waals surface area contributed by atoms with Crippen molar-refractivity contribution in [3.8, 4) is 5.75 Å². The van der Waals surface area contributed by atoms with Crippen LogP contribution in [0.2, 0.25) is 0 Å². The smallest absolute Gasteiger partial charge is 0.494 e. The maximum Gasteiger partial charge on any atom is 0.505 e. The third-order valence-electron chi connectivity index (χ3n) is 2.99. The number of rotatable bonds is 4. The summed E-state index contributed by atoms with van der Waals surface area (Å²) in [6.45, 7) is 0. The van der Waals surface area contributed by atoms with Gasteiger partial charge in [0.25, 0.3) is 4.90 Å². The molecule has 0 atom stereocenters. The third-order valence-corrected chi connectivity index (χ3v) is 3.44. The second kappa shape index (κ2) is 5.26. The standard InChI is InChI=1S/C14H12N3O2S/c1-19-13-8-9(20-18)6-7-12(13)15-14-10-4-2-3-5-11(10)16-17-14/h2-8H,1H3,(H2,15,16,17)/q+1. The van der Waals surface area contributed by atoms with Crippen molar-refractivity contribution < 1.29 is 8.95 Å². The van der Waals surface area contributed by atoms with Gasteiger partial charge in [0.1, 0.15) is 5.75 Å². The molecule has 1 aromatic heterocycles. The Morgan fingerprint density at radius 2 is 2.10 bits per heavy atom. The maximum atomic E-state index is 10.8. The second-order valence-corrected chi connectivity index (χ2v) is 4.83. The number of anilines is 2. The Morgan fingerprint density at radius 3 is 2.90 bits per heavy atom. The van der Waals surface area contributed by atoms with E-state index in [2.05, 4.69) is 15.5 Å². The summed E-state index contributed by atoms with van der Waals surface area (Å²) in [5.74, 6) is 1.33. The number of nitrogens with zero attached hydrogens (tertiary/aromatic N) is 1. The fourth-order valence-electron chi connectivity index (χ4n) is 2.01. The Kier molecular flexibility index (Phi) is 3.30. The van der Waals surface area contributed by atoms with Crippen molar-refractivity contribution >= 4 is 34.1 Å². The Balaban J connectivity index is 2.00. The predicted octanol–water partition coefficient (Wildman–Crippen LogP) is 3.10. The number of aromatic amines is 1. The molecule has 1 heterocycles. The molecule has 20 heavy (non-hydrogen) atoms. The van der Waals surface area contributed by atoms with Gasteiger partial charge in [0, 0.05) is 15.7 Å². The first kappa shape index (κ1) is 12.6. The van der Waals surface area contributed by atoms with E-state index in [1.165, 1.54) is 0 Å². The molecule has 0 saturated carbocycles. The van der Waals surface area contributed by atoms with Crippen LogP contribution in [-0.4, -0.2) is 17.3 Å². The van der Waals surface area contributed by atoms with Crippen LogP contribution in [0.4, 0.5) is 11.5 Å². The van der Waals surface area contributed by atoms with Crippen LogP contribution in [0.15, 0.2) is 47.4 Å². The number of nitrogens with one attached hydrogen (secondary N) is 2. The molecule has 100 valence electrons. The maximum absolute atomic E-state index is 10.8. The minimum Gasteiger partial charge on any atom is -0.494 e. The minimum atomic E-state index is 0.438. The number of para-hydroxylation sites is 1. The van der Waals surface area contributed by atoms with Gasteiger partial charge in [-0.15, -0.1) is 0 Å². The van der Waals surface area contributed by atoms with Gasteiger partial charge in [-0.3, -0.25) is 5.10 Å². The van der Waals surface area contributed by atoms with Gasteiger partial charge in [0.2, 0.25) is 0 Å². The van der Waals surface area contributed by atoms with Crippen LogP contribution in [0.25, 0.3) is 10.9 Å². The zero-order valence-corrected chi connectivity index (χ0v) is 11.5. The van der Waals surface area contributed by atoms with Gasteiger partial charge in [0.15, 0.2) is 5.82 Å². The largest absolute Gasteiger partial charge is 0.505 e. The summed E-state index contributed by atoms with van der Waals surface area (Å²) in [5, 5.41) is 11.4. The minimum absolute atomic E-state index is 0.438. The van der Waals surface area contributed by atoms with Gasteiger partial charge in [-0.1, -0.05) is 12.1 Å². The lowest BCUT2D eigenvalue weighted by Gasteiger charge is -2.08. The number of aromatic nitrogens is 2. The Labute approximate surface area is 119 Å². The molecule has 5 nitrogen and oxygen atoms in total. The highest BCUT2D eigenvalue weighted by atomic mass is 32.1. The molecule has 2 N–H and O–H groups in total. The molecule has 0 spiro atoms. The summed E-state index contributed by atoms with van der Waals surface area (Å²) in [5.41, 5.74) is 1.73. The number of methoxy groups -OCH3 is 1. The van der Waals surface area contributed by atoms with Crippen molar-refractivity contribution in [2.45, 2.75) is 4.90 Å². The predicted molar refractivity (Wildman–Crippen MR) is 78.7 cm³/mol. The average molecular weight is 286 g/mol. The van der Waals surface area contributed by atoms with Crippen molar-refractivity contribution in [3.63, 3.8) is 0 Å². The van der Waals surface area contributed by atoms with Gasteiger partial charge < -0.3 is 10.1 Å². The summed E-state index contributed by atoms with van der Waals surface area (Å²) >= 11 is 0.438. The van der Waals surface area contributed by atoms with E-state index in [-0.39, 0.29) is 0 Å². The van der Waals surface area contributed by atoms with Crippen LogP contribution in [0.1, 0.15) is 0 Å². The molecule has 0 aliphatic heterocycles. The van der Waals surface area contributed by atoms with Gasteiger partial charge >= 0.3 is 11.7 Å². The van der Waals surface area contributed by atoms with E-state index in [0.29, 0.717) is 22.3 Å². The Bertz CT molecular complexity index is 770. The van der Waals surface area contributed by atoms with Crippen LogP contribution >= 0.6 is 0 Å². The highest BCUT2D eigenvalue weighted by Crippen LogP contribution is 2.30. The van der Waals surface area contributed by atoms with Crippen LogP contribution in [0, 0.1) is 0 Å². The van der Waals surface area contributed by atoms with Crippen molar-refractivity contribution in [1.29, 1.82) is 0 Å². The number of H-pyrrole nitrogens is 1. The normalized spacial score (nSPS) is 10.4. The molecule has 3 rings (SSSR count). The van der Waals surface area contributed by atoms with E-state index in [0.717, 1.165) is 22.4 Å². The summed E-state index contributed by atoms with van der Waals surface area (Å²) in [6, 6.07) is 13.1. The SMILES string of the molecule is COc1cc([S+]=O)ccc1Nc1n[nH]c2ccccc12. The Morgan fingerprint density at radius 1 is 1.25 bits per heavy atom. The van der Waals surface area contributed by atoms with E-state index in [1.54, 1.807) is 19.2 Å². The first-order valence-corrected chi connectivity index (χ1v) is 6.74. The van der Waals surface area contributed by atoms with E-state index >= 15 is 0 Å². The zero-order valence-electron chi connectivity index (χ0n) is 10.7. The molecule has 0 amide bonds. The molecular formula is C14H12N3O2S+. The highest BCUT2D eigenvalue weighted by Gasteiger charge is 2.13. The average Bonchev–Trinajstić information content (AvgIpc) is 2.91. The number of benzene rings is 2. The highest BCUT2D eigenvalue weighted by molar-refractivity contribution is 7.65. The molecule has 3 aromatic rings. The summed E-state index contributed by atoms with van der Waals surface area (Å²) in [6.07, 6.45) is 0. The third kappa shape index (κ3) is 2.21. The molecule has 0 aliphatic carbocycles. The van der Waals surface area contributed by atoms with Crippen LogP contribution in [-0.2, 0) is 15.9 Å². The van der Waals surface area contributed by atoms with Crippen molar-refractivity contribution in [2.24, 2.45) is 0 Å². The molecule has 2 aromatic carbocycles. The van der Waals surface area contributed by atoms with E-state index < -0.39 is 0 Å². The summed E-state index contributed by atoms with van der Waals surface area (Å²) in [7, 11) is 1.57. The van der Waals surface area contributed by atoms with Gasteiger partial charge in [-0.05, 0) is 18.2 Å². The number of hydrogen-bond donors (Lipinski definition) is 2. The molecule has 0 aliphatic rings. The van der Waals surface area contributed by atoms with Gasteiger partial charge in [-0.25, -0.2) is 0 Å². The lowest BCUT2D eigenvalue weighted by Crippen LogP contribution is -1.95. The van der Waals surface area contributed by atoms with Crippen molar-refractivity contribution in [3.05, 3.63) is 42.5 Å². The molecule has 0 bridgehead atoms. The van der Waals surface area contributed by atoms with Crippen molar-refractivity contribution in [1.82, 2.24) is 10.2 Å². The molecule has 0 fully saturated rings. The fourth-order valence-corrected chi connectivity index (χ4v) is 2.29. The monoisotopic (exact) mass is 286 g/mol. The van der Waals surface area contributed by atoms with Crippen LogP contribution in [0.3, 0.4) is 0 Å². The zero-order chi connectivity index (χ0) is 13.9. The Hall–Kier alpha value is -2.47. The lowest BCUT2D eigenvalue weighted by molar-refractivity contribution is 0.415. The summed E-state index contributed by atoms with van der Waals surface area (Å²) < 4.78 is 16.1. The van der Waals surface area contributed by atoms with Crippen LogP contribution < -0.4 is 10.1 Å². The molecule has 0 radical (unpaired) electrons. The van der Waals surface area contributed by atoms with E-state index in [9.17, 15) is 4.21 Å². The van der Waals surface area contributed by atoms with Gasteiger partial charge in [-0.2, -0.15) is 5.10 Å². The number of hydrogen-bond acceptors (Lipinski definition) is 4. The summed E-state index contributed by atoms with van der Waals surface area (Å²) in [4.78, 5) is 0.610. The van der Waals surface area contributed by atoms with Crippen molar-refractivity contribution in [2.75, 3.05) is 12.4 Å². The van der Waals surface area contributed by atoms with Gasteiger partial charge in [0.05, 0.1) is 24.4 Å². The molecule has 6 heteroatoms. The first-order valence-electron chi connectivity index (χ1n) is 6.00. The second-order valence-electron chi connectivity index (χ2n) is 4.19. The number of ether oxygens (including phenoxy) is 1. The first-order chi connectivity index (χ1) is 9.81. The quantitative estimate of drug-likeness (QED) is 0.723. The molecule has 0 unspecified atom stereocenters. The molecule has 0 saturated heterocycles. The van der Waals surface area contributed by atoms with E-state index in [4.69, 9.17) is 4.74 Å².